The molecule has 2 aromatic carbocycles. The van der Waals surface area contributed by atoms with Crippen LogP contribution < -0.4 is 16.1 Å². The third-order valence-electron chi connectivity index (χ3n) is 4.66. The molecule has 3 N–H and O–H groups in total. The average molecular weight is 559 g/mol. The van der Waals surface area contributed by atoms with E-state index in [4.69, 9.17) is 34.8 Å². The van der Waals surface area contributed by atoms with Crippen molar-refractivity contribution in [3.05, 3.63) is 86.0 Å². The van der Waals surface area contributed by atoms with Crippen LogP contribution in [0.5, 0.6) is 0 Å². The van der Waals surface area contributed by atoms with Crippen molar-refractivity contribution < 1.29 is 22.8 Å². The lowest BCUT2D eigenvalue weighted by Gasteiger charge is -2.15. The van der Waals surface area contributed by atoms with Gasteiger partial charge in [0.15, 0.2) is 0 Å². The SMILES string of the molecule is Cc1cc(Cl)ccc1Nc1nc(C(F)(F)F)ccc1C(=O)NCC(=O)N/N=C/c1c(Cl)cccc1Cl. The maximum absolute atomic E-state index is 13.2. The predicted molar refractivity (Wildman–Crippen MR) is 133 cm³/mol. The fourth-order valence-corrected chi connectivity index (χ4v) is 3.61. The second-order valence-corrected chi connectivity index (χ2v) is 8.54. The quantitative estimate of drug-likeness (QED) is 0.245. The van der Waals surface area contributed by atoms with Gasteiger partial charge in [0.1, 0.15) is 11.5 Å². The van der Waals surface area contributed by atoms with Crippen molar-refractivity contribution in [2.24, 2.45) is 5.10 Å². The Morgan fingerprint density at radius 3 is 2.39 bits per heavy atom. The molecule has 0 spiro atoms. The summed E-state index contributed by atoms with van der Waals surface area (Å²) in [5.41, 5.74) is 2.18. The minimum absolute atomic E-state index is 0.212. The van der Waals surface area contributed by atoms with Gasteiger partial charge in [0.2, 0.25) is 0 Å². The van der Waals surface area contributed by atoms with Gasteiger partial charge in [-0.2, -0.15) is 18.3 Å². The molecule has 0 unspecified atom stereocenters. The highest BCUT2D eigenvalue weighted by atomic mass is 35.5. The van der Waals surface area contributed by atoms with Crippen molar-refractivity contribution in [1.82, 2.24) is 15.7 Å². The Balaban J connectivity index is 1.73. The molecular formula is C23H17Cl3F3N5O2. The summed E-state index contributed by atoms with van der Waals surface area (Å²) >= 11 is 17.9. The molecule has 1 heterocycles. The molecule has 188 valence electrons. The van der Waals surface area contributed by atoms with Crippen LogP contribution in [0.15, 0.2) is 53.6 Å². The topological polar surface area (TPSA) is 95.5 Å². The maximum Gasteiger partial charge on any atom is 0.433 e. The summed E-state index contributed by atoms with van der Waals surface area (Å²) in [6, 6.07) is 11.1. The molecule has 3 aromatic rings. The van der Waals surface area contributed by atoms with Crippen molar-refractivity contribution in [3.8, 4) is 0 Å². The van der Waals surface area contributed by atoms with E-state index in [1.165, 1.54) is 18.3 Å². The van der Waals surface area contributed by atoms with Crippen molar-refractivity contribution in [1.29, 1.82) is 0 Å². The lowest BCUT2D eigenvalue weighted by atomic mass is 10.1. The number of hydrazone groups is 1. The number of anilines is 2. The minimum atomic E-state index is -4.73. The van der Waals surface area contributed by atoms with Crippen LogP contribution in [0, 0.1) is 6.92 Å². The van der Waals surface area contributed by atoms with Crippen LogP contribution >= 0.6 is 34.8 Å². The number of pyridine rings is 1. The van der Waals surface area contributed by atoms with Gasteiger partial charge in [-0.25, -0.2) is 10.4 Å². The van der Waals surface area contributed by atoms with Crippen molar-refractivity contribution in [2.45, 2.75) is 13.1 Å². The van der Waals surface area contributed by atoms with Gasteiger partial charge < -0.3 is 10.6 Å². The molecule has 0 aliphatic heterocycles. The van der Waals surface area contributed by atoms with Gasteiger partial charge in [-0.1, -0.05) is 40.9 Å². The summed E-state index contributed by atoms with van der Waals surface area (Å²) in [5.74, 6) is -1.89. The molecule has 3 rings (SSSR count). The van der Waals surface area contributed by atoms with Crippen molar-refractivity contribution >= 4 is 64.3 Å². The molecule has 0 radical (unpaired) electrons. The first-order valence-corrected chi connectivity index (χ1v) is 11.2. The molecular weight excluding hydrogens is 542 g/mol. The van der Waals surface area contributed by atoms with E-state index in [1.54, 1.807) is 31.2 Å². The average Bonchev–Trinajstić information content (AvgIpc) is 2.80. The molecule has 0 bridgehead atoms. The van der Waals surface area contributed by atoms with Gasteiger partial charge in [-0.15, -0.1) is 0 Å². The van der Waals surface area contributed by atoms with Crippen LogP contribution in [0.25, 0.3) is 0 Å². The first-order valence-electron chi connectivity index (χ1n) is 10.1. The number of nitrogens with one attached hydrogen (secondary N) is 3. The second-order valence-electron chi connectivity index (χ2n) is 7.29. The Hall–Kier alpha value is -3.34. The number of carbonyl (C=O) groups excluding carboxylic acids is 2. The fourth-order valence-electron chi connectivity index (χ4n) is 2.89. The maximum atomic E-state index is 13.2. The summed E-state index contributed by atoms with van der Waals surface area (Å²) in [4.78, 5) is 28.3. The lowest BCUT2D eigenvalue weighted by Crippen LogP contribution is -2.35. The molecule has 0 aliphatic rings. The number of rotatable bonds is 7. The molecule has 2 amide bonds. The van der Waals surface area contributed by atoms with Crippen LogP contribution in [0.3, 0.4) is 0 Å². The molecule has 36 heavy (non-hydrogen) atoms. The molecule has 13 heteroatoms. The van der Waals surface area contributed by atoms with Crippen molar-refractivity contribution in [3.63, 3.8) is 0 Å². The standard InChI is InChI=1S/C23H17Cl3F3N5O2/c1-12-9-13(24)5-7-18(12)32-21-14(6-8-19(33-21)23(27,28)29)22(36)30-11-20(35)34-31-10-15-16(25)3-2-4-17(15)26/h2-10H,11H2,1H3,(H,30,36)(H,32,33)(H,34,35)/b31-10+. The third-order valence-corrected chi connectivity index (χ3v) is 5.56. The highest BCUT2D eigenvalue weighted by Crippen LogP contribution is 2.31. The number of hydrogen-bond acceptors (Lipinski definition) is 5. The summed E-state index contributed by atoms with van der Waals surface area (Å²) in [6.45, 7) is 1.16. The number of amides is 2. The Bertz CT molecular complexity index is 1310. The first kappa shape index (κ1) is 27.3. The zero-order valence-corrected chi connectivity index (χ0v) is 20.6. The van der Waals surface area contributed by atoms with E-state index in [-0.39, 0.29) is 11.4 Å². The number of hydrogen-bond donors (Lipinski definition) is 3. The molecule has 0 aliphatic carbocycles. The smallest absolute Gasteiger partial charge is 0.343 e. The normalized spacial score (nSPS) is 11.4. The van der Waals surface area contributed by atoms with E-state index in [0.29, 0.717) is 37.9 Å². The summed E-state index contributed by atoms with van der Waals surface area (Å²) in [7, 11) is 0. The molecule has 1 aromatic heterocycles. The van der Waals surface area contributed by atoms with E-state index >= 15 is 0 Å². The van der Waals surface area contributed by atoms with E-state index in [0.717, 1.165) is 6.07 Å². The summed E-state index contributed by atoms with van der Waals surface area (Å²) in [6.07, 6.45) is -3.50. The van der Waals surface area contributed by atoms with E-state index in [2.05, 4.69) is 26.1 Å². The number of benzene rings is 2. The van der Waals surface area contributed by atoms with E-state index in [9.17, 15) is 22.8 Å². The molecule has 0 saturated carbocycles. The van der Waals surface area contributed by atoms with E-state index < -0.39 is 30.2 Å². The lowest BCUT2D eigenvalue weighted by molar-refractivity contribution is -0.141. The number of aryl methyl sites for hydroxylation is 1. The third kappa shape index (κ3) is 7.09. The Kier molecular flexibility index (Phi) is 8.78. The minimum Gasteiger partial charge on any atom is -0.343 e. The first-order chi connectivity index (χ1) is 17.0. The van der Waals surface area contributed by atoms with Crippen LogP contribution in [0.1, 0.15) is 27.2 Å². The number of carbonyl (C=O) groups is 2. The molecule has 7 nitrogen and oxygen atoms in total. The summed E-state index contributed by atoms with van der Waals surface area (Å²) in [5, 5.41) is 9.86. The van der Waals surface area contributed by atoms with E-state index in [1.807, 2.05) is 0 Å². The Morgan fingerprint density at radius 1 is 1.06 bits per heavy atom. The van der Waals surface area contributed by atoms with Gasteiger partial charge >= 0.3 is 6.18 Å². The monoisotopic (exact) mass is 557 g/mol. The van der Waals surface area contributed by atoms with Crippen LogP contribution in [-0.2, 0) is 11.0 Å². The largest absolute Gasteiger partial charge is 0.433 e. The van der Waals surface area contributed by atoms with Gasteiger partial charge in [0, 0.05) is 16.3 Å². The number of nitrogens with zero attached hydrogens (tertiary/aromatic N) is 2. The highest BCUT2D eigenvalue weighted by Gasteiger charge is 2.33. The van der Waals surface area contributed by atoms with Gasteiger partial charge in [0.25, 0.3) is 11.8 Å². The van der Waals surface area contributed by atoms with Crippen molar-refractivity contribution in [2.75, 3.05) is 11.9 Å². The van der Waals surface area contributed by atoms with Crippen LogP contribution in [0.2, 0.25) is 15.1 Å². The van der Waals surface area contributed by atoms with Gasteiger partial charge in [-0.05, 0) is 55.0 Å². The Labute approximate surface area is 218 Å². The molecule has 0 atom stereocenters. The molecule has 0 fully saturated rings. The summed E-state index contributed by atoms with van der Waals surface area (Å²) < 4.78 is 39.7. The fraction of sp³-hybridized carbons (Fsp3) is 0.130. The van der Waals surface area contributed by atoms with Gasteiger partial charge in [0.05, 0.1) is 28.4 Å². The second kappa shape index (κ2) is 11.6. The number of alkyl halides is 3. The van der Waals surface area contributed by atoms with Crippen LogP contribution in [0.4, 0.5) is 24.7 Å². The Morgan fingerprint density at radius 2 is 1.75 bits per heavy atom. The molecule has 0 saturated heterocycles. The zero-order chi connectivity index (χ0) is 26.5. The van der Waals surface area contributed by atoms with Gasteiger partial charge in [-0.3, -0.25) is 9.59 Å². The highest BCUT2D eigenvalue weighted by molar-refractivity contribution is 6.38. The van der Waals surface area contributed by atoms with Crippen LogP contribution in [-0.4, -0.2) is 29.6 Å². The zero-order valence-electron chi connectivity index (χ0n) is 18.4. The number of halogens is 6. The number of aromatic nitrogens is 1. The predicted octanol–water partition coefficient (Wildman–Crippen LogP) is 5.99.